The Morgan fingerprint density at radius 2 is 1.00 bits per heavy atom. The maximum Gasteiger partial charge on any atom is 0.162 e. The van der Waals surface area contributed by atoms with Gasteiger partial charge in [-0.15, -0.1) is 11.3 Å². The van der Waals surface area contributed by atoms with Crippen molar-refractivity contribution >= 4 is 86.0 Å². The van der Waals surface area contributed by atoms with Crippen molar-refractivity contribution in [3.8, 4) is 34.0 Å². The zero-order valence-electron chi connectivity index (χ0n) is 29.5. The van der Waals surface area contributed by atoms with Gasteiger partial charge in [0.2, 0.25) is 0 Å². The van der Waals surface area contributed by atoms with Gasteiger partial charge in [0.15, 0.2) is 11.6 Å². The molecule has 0 fully saturated rings. The van der Waals surface area contributed by atoms with Gasteiger partial charge in [0, 0.05) is 42.9 Å². The number of hydrogen-bond donors (Lipinski definition) is 0. The van der Waals surface area contributed by atoms with Crippen LogP contribution in [0.4, 0.5) is 0 Å². The highest BCUT2D eigenvalue weighted by molar-refractivity contribution is 7.26. The summed E-state index contributed by atoms with van der Waals surface area (Å²) in [7, 11) is 0. The van der Waals surface area contributed by atoms with E-state index in [-0.39, 0.29) is 0 Å². The van der Waals surface area contributed by atoms with Crippen molar-refractivity contribution in [2.45, 2.75) is 0 Å². The Morgan fingerprint density at radius 3 is 1.78 bits per heavy atom. The molecule has 4 aromatic heterocycles. The number of nitrogens with zero attached hydrogens (tertiary/aromatic N) is 4. The van der Waals surface area contributed by atoms with E-state index in [4.69, 9.17) is 9.97 Å². The Labute approximate surface area is 319 Å². The van der Waals surface area contributed by atoms with E-state index >= 15 is 0 Å². The molecule has 5 heteroatoms. The van der Waals surface area contributed by atoms with Crippen LogP contribution in [-0.2, 0) is 0 Å². The van der Waals surface area contributed by atoms with Gasteiger partial charge in [-0.05, 0) is 82.6 Å². The molecule has 256 valence electrons. The first-order valence-corrected chi connectivity index (χ1v) is 19.4. The summed E-state index contributed by atoms with van der Waals surface area (Å²) in [4.78, 5) is 11.0. The minimum atomic E-state index is 0.708. The summed E-state index contributed by atoms with van der Waals surface area (Å²) < 4.78 is 6.99. The summed E-state index contributed by atoms with van der Waals surface area (Å²) in [5.74, 6) is 1.61. The first-order valence-electron chi connectivity index (χ1n) is 18.6. The number of para-hydroxylation sites is 3. The zero-order valence-corrected chi connectivity index (χ0v) is 30.3. The first-order chi connectivity index (χ1) is 27.3. The van der Waals surface area contributed by atoms with Crippen molar-refractivity contribution in [2.75, 3.05) is 0 Å². The number of fused-ring (bicyclic) bond motifs is 10. The van der Waals surface area contributed by atoms with Crippen LogP contribution in [0.3, 0.4) is 0 Å². The van der Waals surface area contributed by atoms with Gasteiger partial charge in [0.1, 0.15) is 0 Å². The van der Waals surface area contributed by atoms with Crippen LogP contribution in [0.2, 0.25) is 0 Å². The van der Waals surface area contributed by atoms with E-state index in [1.807, 2.05) is 0 Å². The van der Waals surface area contributed by atoms with E-state index in [1.54, 1.807) is 11.3 Å². The van der Waals surface area contributed by atoms with Gasteiger partial charge >= 0.3 is 0 Å². The molecule has 12 aromatic rings. The van der Waals surface area contributed by atoms with Gasteiger partial charge in [-0.1, -0.05) is 121 Å². The molecule has 0 N–H and O–H groups in total. The van der Waals surface area contributed by atoms with Gasteiger partial charge in [0.25, 0.3) is 0 Å². The third-order valence-corrected chi connectivity index (χ3v) is 12.2. The summed E-state index contributed by atoms with van der Waals surface area (Å²) in [6.45, 7) is 0. The van der Waals surface area contributed by atoms with E-state index in [2.05, 4.69) is 191 Å². The summed E-state index contributed by atoms with van der Waals surface area (Å²) in [5.41, 5.74) is 10.1. The quantitative estimate of drug-likeness (QED) is 0.182. The fraction of sp³-hybridized carbons (Fsp3) is 0. The summed E-state index contributed by atoms with van der Waals surface area (Å²) in [6, 6.07) is 65.3. The number of aromatic nitrogens is 4. The number of hydrogen-bond acceptors (Lipinski definition) is 3. The molecule has 8 aromatic carbocycles. The normalized spacial score (nSPS) is 12.0. The molecule has 4 nitrogen and oxygen atoms in total. The monoisotopic (exact) mass is 718 g/mol. The molecule has 0 saturated heterocycles. The molecule has 0 aliphatic carbocycles. The average Bonchev–Trinajstić information content (AvgIpc) is 3.90. The fourth-order valence-corrected chi connectivity index (χ4v) is 9.73. The molecule has 0 aliphatic heterocycles. The first kappa shape index (κ1) is 30.4. The maximum absolute atomic E-state index is 5.58. The van der Waals surface area contributed by atoms with Crippen LogP contribution in [0, 0.1) is 0 Å². The number of benzene rings is 8. The Hall–Kier alpha value is -7.08. The van der Waals surface area contributed by atoms with E-state index in [0.29, 0.717) is 5.82 Å². The largest absolute Gasteiger partial charge is 0.309 e. The standard InChI is InChI=1S/C50H30N4S/c1-3-13-31(14-4-1)34-23-25-39-46(30-34)55-48-47(39)51-49(35-24-26-44-40(28-35)37-19-9-11-21-42(37)53(44)36-17-5-2-6-18-36)52-50(48)54-43-22-12-10-20-38(43)41-27-32-15-7-8-16-33(32)29-45(41)54/h1-30H. The predicted molar refractivity (Wildman–Crippen MR) is 232 cm³/mol. The van der Waals surface area contributed by atoms with Gasteiger partial charge in [-0.25, -0.2) is 9.97 Å². The van der Waals surface area contributed by atoms with Crippen molar-refractivity contribution in [3.63, 3.8) is 0 Å². The second-order valence-electron chi connectivity index (χ2n) is 14.2. The third-order valence-electron chi connectivity index (χ3n) is 11.1. The van der Waals surface area contributed by atoms with Crippen LogP contribution in [0.5, 0.6) is 0 Å². The highest BCUT2D eigenvalue weighted by atomic mass is 32.1. The smallest absolute Gasteiger partial charge is 0.162 e. The highest BCUT2D eigenvalue weighted by Gasteiger charge is 2.22. The third kappa shape index (κ3) is 4.57. The van der Waals surface area contributed by atoms with Crippen molar-refractivity contribution in [3.05, 3.63) is 182 Å². The van der Waals surface area contributed by atoms with Crippen LogP contribution in [0.15, 0.2) is 182 Å². The second-order valence-corrected chi connectivity index (χ2v) is 15.3. The van der Waals surface area contributed by atoms with Gasteiger partial charge < -0.3 is 4.57 Å². The minimum Gasteiger partial charge on any atom is -0.309 e. The van der Waals surface area contributed by atoms with Crippen molar-refractivity contribution in [2.24, 2.45) is 0 Å². The van der Waals surface area contributed by atoms with Crippen LogP contribution in [0.25, 0.3) is 109 Å². The number of thiophene rings is 1. The van der Waals surface area contributed by atoms with E-state index in [0.717, 1.165) is 49.2 Å². The molecule has 0 aliphatic rings. The topological polar surface area (TPSA) is 35.6 Å². The zero-order chi connectivity index (χ0) is 36.0. The van der Waals surface area contributed by atoms with E-state index in [1.165, 1.54) is 53.7 Å². The molecular weight excluding hydrogens is 689 g/mol. The molecule has 0 atom stereocenters. The number of rotatable bonds is 4. The maximum atomic E-state index is 5.58. The van der Waals surface area contributed by atoms with Crippen molar-refractivity contribution < 1.29 is 0 Å². The summed E-state index contributed by atoms with van der Waals surface area (Å²) in [6.07, 6.45) is 0. The Bertz CT molecular complexity index is 3480. The van der Waals surface area contributed by atoms with Gasteiger partial charge in [-0.3, -0.25) is 4.57 Å². The van der Waals surface area contributed by atoms with E-state index in [9.17, 15) is 0 Å². The summed E-state index contributed by atoms with van der Waals surface area (Å²) in [5, 5.41) is 8.36. The molecule has 12 rings (SSSR count). The molecule has 0 bridgehead atoms. The molecule has 0 spiro atoms. The fourth-order valence-electron chi connectivity index (χ4n) is 8.57. The minimum absolute atomic E-state index is 0.708. The van der Waals surface area contributed by atoms with Crippen LogP contribution in [-0.4, -0.2) is 19.1 Å². The van der Waals surface area contributed by atoms with Crippen LogP contribution >= 0.6 is 11.3 Å². The van der Waals surface area contributed by atoms with Gasteiger partial charge in [-0.2, -0.15) is 0 Å². The summed E-state index contributed by atoms with van der Waals surface area (Å²) >= 11 is 1.78. The lowest BCUT2D eigenvalue weighted by Gasteiger charge is -2.11. The van der Waals surface area contributed by atoms with Crippen LogP contribution in [0.1, 0.15) is 0 Å². The molecule has 55 heavy (non-hydrogen) atoms. The van der Waals surface area contributed by atoms with Crippen LogP contribution < -0.4 is 0 Å². The Balaban J connectivity index is 1.17. The molecule has 0 unspecified atom stereocenters. The molecule has 0 radical (unpaired) electrons. The SMILES string of the molecule is c1ccc(-c2ccc3c(c2)sc2c(-n4c5ccccc5c5cc6ccccc6cc54)nc(-c4ccc5c(c4)c4ccccc4n5-c4ccccc4)nc23)cc1. The molecular formula is C50H30N4S. The lowest BCUT2D eigenvalue weighted by atomic mass is 10.0. The molecule has 0 amide bonds. The van der Waals surface area contributed by atoms with Crippen molar-refractivity contribution in [1.82, 2.24) is 19.1 Å². The predicted octanol–water partition coefficient (Wildman–Crippen LogP) is 13.5. The average molecular weight is 719 g/mol. The van der Waals surface area contributed by atoms with E-state index < -0.39 is 0 Å². The van der Waals surface area contributed by atoms with Gasteiger partial charge in [0.05, 0.1) is 32.3 Å². The highest BCUT2D eigenvalue weighted by Crippen LogP contribution is 2.43. The molecule has 4 heterocycles. The molecule has 0 saturated carbocycles. The lowest BCUT2D eigenvalue weighted by molar-refractivity contribution is 1.08. The Kier molecular flexibility index (Phi) is 6.47. The lowest BCUT2D eigenvalue weighted by Crippen LogP contribution is -2.01. The second kappa shape index (κ2) is 11.7. The Morgan fingerprint density at radius 1 is 0.382 bits per heavy atom. The van der Waals surface area contributed by atoms with Crippen molar-refractivity contribution in [1.29, 1.82) is 0 Å².